The summed E-state index contributed by atoms with van der Waals surface area (Å²) in [5.41, 5.74) is -0.430. The van der Waals surface area contributed by atoms with E-state index in [1.54, 1.807) is 12.1 Å². The fraction of sp³-hybridized carbons (Fsp3) is 0.188. The van der Waals surface area contributed by atoms with Gasteiger partial charge in [0, 0.05) is 10.8 Å². The molecule has 0 aromatic heterocycles. The molecule has 0 unspecified atom stereocenters. The van der Waals surface area contributed by atoms with Gasteiger partial charge in [-0.2, -0.15) is 13.2 Å². The van der Waals surface area contributed by atoms with Gasteiger partial charge >= 0.3 is 18.2 Å². The van der Waals surface area contributed by atoms with Gasteiger partial charge in [0.1, 0.15) is 23.6 Å². The van der Waals surface area contributed by atoms with Gasteiger partial charge in [-0.25, -0.2) is 9.59 Å². The summed E-state index contributed by atoms with van der Waals surface area (Å²) in [7, 11) is 0. The molecule has 144 valence electrons. The second-order valence-corrected chi connectivity index (χ2v) is 5.26. The number of hydrogen-bond donors (Lipinski definition) is 4. The average molecular weight is 386 g/mol. The van der Waals surface area contributed by atoms with Gasteiger partial charge < -0.3 is 20.3 Å². The molecule has 0 atom stereocenters. The van der Waals surface area contributed by atoms with Crippen LogP contribution in [0.15, 0.2) is 30.3 Å². The largest absolute Gasteiger partial charge is 0.507 e. The number of rotatable bonds is 4. The highest BCUT2D eigenvalue weighted by Gasteiger charge is 2.28. The highest BCUT2D eigenvalue weighted by Crippen LogP contribution is 2.35. The van der Waals surface area contributed by atoms with Crippen LogP contribution in [0.4, 0.5) is 18.0 Å². The monoisotopic (exact) mass is 386 g/mol. The first-order valence-electron chi connectivity index (χ1n) is 7.33. The van der Waals surface area contributed by atoms with Crippen molar-refractivity contribution in [2.75, 3.05) is 13.2 Å². The third-order valence-corrected chi connectivity index (χ3v) is 3.25. The lowest BCUT2D eigenvalue weighted by Crippen LogP contribution is -2.44. The van der Waals surface area contributed by atoms with Crippen molar-refractivity contribution in [2.24, 2.45) is 0 Å². The van der Waals surface area contributed by atoms with Crippen molar-refractivity contribution < 1.29 is 42.5 Å². The zero-order valence-electron chi connectivity index (χ0n) is 13.5. The van der Waals surface area contributed by atoms with Crippen molar-refractivity contribution in [3.8, 4) is 11.5 Å². The number of esters is 1. The molecule has 4 N–H and O–H groups in total. The quantitative estimate of drug-likeness (QED) is 0.469. The molecule has 2 rings (SSSR count). The summed E-state index contributed by atoms with van der Waals surface area (Å²) in [6, 6.07) is 5.64. The average Bonchev–Trinajstić information content (AvgIpc) is 2.60. The van der Waals surface area contributed by atoms with Crippen LogP contribution in [0.25, 0.3) is 10.8 Å². The molecule has 2 aromatic rings. The zero-order chi connectivity index (χ0) is 20.2. The van der Waals surface area contributed by atoms with E-state index < -0.39 is 48.5 Å². The van der Waals surface area contributed by atoms with Crippen molar-refractivity contribution in [1.82, 2.24) is 10.6 Å². The lowest BCUT2D eigenvalue weighted by atomic mass is 10.0. The van der Waals surface area contributed by atoms with Crippen molar-refractivity contribution in [3.05, 3.63) is 35.9 Å². The number of amides is 3. The number of ether oxygens (including phenoxy) is 1. The third kappa shape index (κ3) is 5.23. The van der Waals surface area contributed by atoms with Crippen molar-refractivity contribution in [2.45, 2.75) is 6.18 Å². The Hall–Kier alpha value is -3.50. The summed E-state index contributed by atoms with van der Waals surface area (Å²) in [5.74, 6) is -3.17. The molecule has 0 fully saturated rings. The molecule has 8 nitrogen and oxygen atoms in total. The van der Waals surface area contributed by atoms with E-state index in [0.29, 0.717) is 0 Å². The molecule has 0 bridgehead atoms. The zero-order valence-corrected chi connectivity index (χ0v) is 13.5. The van der Waals surface area contributed by atoms with E-state index >= 15 is 0 Å². The molecule has 0 radical (unpaired) electrons. The Balaban J connectivity index is 1.98. The minimum atomic E-state index is -4.65. The number of nitrogens with one attached hydrogen (secondary N) is 2. The van der Waals surface area contributed by atoms with Crippen LogP contribution in [0.5, 0.6) is 11.5 Å². The molecule has 0 saturated carbocycles. The van der Waals surface area contributed by atoms with Crippen LogP contribution in [0, 0.1) is 0 Å². The molecule has 11 heteroatoms. The minimum absolute atomic E-state index is 0.167. The smallest absolute Gasteiger partial charge is 0.405 e. The molecule has 2 aromatic carbocycles. The number of carbonyl (C=O) groups excluding carboxylic acids is 3. The highest BCUT2D eigenvalue weighted by atomic mass is 19.4. The van der Waals surface area contributed by atoms with Crippen LogP contribution < -0.4 is 10.6 Å². The number of alkyl halides is 3. The lowest BCUT2D eigenvalue weighted by Gasteiger charge is -2.11. The molecule has 0 aliphatic carbocycles. The summed E-state index contributed by atoms with van der Waals surface area (Å²) in [6.07, 6.45) is -4.65. The Bertz CT molecular complexity index is 898. The van der Waals surface area contributed by atoms with Crippen LogP contribution >= 0.6 is 0 Å². The van der Waals surface area contributed by atoms with Gasteiger partial charge in [0.05, 0.1) is 0 Å². The maximum absolute atomic E-state index is 12.0. The summed E-state index contributed by atoms with van der Waals surface area (Å²) in [5, 5.41) is 23.4. The number of fused-ring (bicyclic) bond motifs is 1. The summed E-state index contributed by atoms with van der Waals surface area (Å²) < 4.78 is 40.4. The van der Waals surface area contributed by atoms with E-state index in [0.717, 1.165) is 6.07 Å². The van der Waals surface area contributed by atoms with Gasteiger partial charge in [0.15, 0.2) is 6.61 Å². The minimum Gasteiger partial charge on any atom is -0.507 e. The predicted molar refractivity (Wildman–Crippen MR) is 85.2 cm³/mol. The normalized spacial score (nSPS) is 11.1. The van der Waals surface area contributed by atoms with Crippen LogP contribution in [0.3, 0.4) is 0 Å². The van der Waals surface area contributed by atoms with Crippen molar-refractivity contribution >= 4 is 28.7 Å². The topological polar surface area (TPSA) is 125 Å². The molecular formula is C16H13F3N2O6. The maximum Gasteiger partial charge on any atom is 0.405 e. The van der Waals surface area contributed by atoms with E-state index in [4.69, 9.17) is 0 Å². The maximum atomic E-state index is 12.0. The van der Waals surface area contributed by atoms with Crippen molar-refractivity contribution in [1.29, 1.82) is 0 Å². The van der Waals surface area contributed by atoms with Gasteiger partial charge in [-0.1, -0.05) is 24.3 Å². The molecule has 0 aliphatic heterocycles. The first-order chi connectivity index (χ1) is 12.6. The first-order valence-corrected chi connectivity index (χ1v) is 7.33. The number of halogens is 3. The van der Waals surface area contributed by atoms with Gasteiger partial charge in [-0.05, 0) is 6.07 Å². The van der Waals surface area contributed by atoms with Crippen LogP contribution in [-0.2, 0) is 9.53 Å². The number of hydrogen-bond acceptors (Lipinski definition) is 6. The standard InChI is InChI=1S/C16H13F3N2O6/c17-16(18,19)7-20-15(26)21-12(23)6-27-14(25)10-5-11(22)8-3-1-2-4-9(8)13(10)24/h1-5,22,24H,6-7H2,(H2,20,21,23,26). The van der Waals surface area contributed by atoms with Gasteiger partial charge in [0.2, 0.25) is 0 Å². The molecule has 0 heterocycles. The van der Waals surface area contributed by atoms with Gasteiger partial charge in [0.25, 0.3) is 5.91 Å². The number of phenols is 2. The van der Waals surface area contributed by atoms with Crippen LogP contribution in [0.1, 0.15) is 10.4 Å². The Labute approximate surface area is 149 Å². The second-order valence-electron chi connectivity index (χ2n) is 5.26. The predicted octanol–water partition coefficient (Wildman–Crippen LogP) is 1.80. The number of phenolic OH excluding ortho intramolecular Hbond substituents is 2. The molecular weight excluding hydrogens is 373 g/mol. The number of urea groups is 1. The molecule has 0 spiro atoms. The fourth-order valence-corrected chi connectivity index (χ4v) is 2.09. The van der Waals surface area contributed by atoms with Gasteiger partial charge in [-0.3, -0.25) is 10.1 Å². The Morgan fingerprint density at radius 1 is 1.07 bits per heavy atom. The highest BCUT2D eigenvalue weighted by molar-refractivity contribution is 6.04. The van der Waals surface area contributed by atoms with E-state index in [1.807, 2.05) is 0 Å². The van der Waals surface area contributed by atoms with Crippen LogP contribution in [0.2, 0.25) is 0 Å². The SMILES string of the molecule is O=C(COC(=O)c1cc(O)c2ccccc2c1O)NC(=O)NCC(F)(F)F. The van der Waals surface area contributed by atoms with Crippen LogP contribution in [-0.4, -0.2) is 47.4 Å². The molecule has 3 amide bonds. The Morgan fingerprint density at radius 2 is 1.70 bits per heavy atom. The summed E-state index contributed by atoms with van der Waals surface area (Å²) >= 11 is 0. The molecule has 0 saturated heterocycles. The summed E-state index contributed by atoms with van der Waals surface area (Å²) in [4.78, 5) is 34.5. The Morgan fingerprint density at radius 3 is 2.33 bits per heavy atom. The molecule has 0 aliphatic rings. The van der Waals surface area contributed by atoms with Crippen molar-refractivity contribution in [3.63, 3.8) is 0 Å². The summed E-state index contributed by atoms with van der Waals surface area (Å²) in [6.45, 7) is -2.64. The van der Waals surface area contributed by atoms with E-state index in [2.05, 4.69) is 4.74 Å². The number of imide groups is 1. The van der Waals surface area contributed by atoms with E-state index in [9.17, 15) is 37.8 Å². The Kier molecular flexibility index (Phi) is 5.73. The second kappa shape index (κ2) is 7.81. The number of benzene rings is 2. The van der Waals surface area contributed by atoms with Gasteiger partial charge in [-0.15, -0.1) is 0 Å². The lowest BCUT2D eigenvalue weighted by molar-refractivity contribution is -0.125. The number of aromatic hydroxyl groups is 2. The van der Waals surface area contributed by atoms with E-state index in [1.165, 1.54) is 22.8 Å². The number of carbonyl (C=O) groups is 3. The first kappa shape index (κ1) is 19.8. The van der Waals surface area contributed by atoms with E-state index in [-0.39, 0.29) is 16.5 Å². The third-order valence-electron chi connectivity index (χ3n) is 3.25. The fourth-order valence-electron chi connectivity index (χ4n) is 2.09. The molecule has 27 heavy (non-hydrogen) atoms.